The highest BCUT2D eigenvalue weighted by Gasteiger charge is 2.22. The van der Waals surface area contributed by atoms with Gasteiger partial charge in [-0.05, 0) is 39.7 Å². The predicted octanol–water partition coefficient (Wildman–Crippen LogP) is 1.95. The molecule has 3 N–H and O–H groups in total. The molecule has 18 heavy (non-hydrogen) atoms. The first-order valence-corrected chi connectivity index (χ1v) is 7.44. The summed E-state index contributed by atoms with van der Waals surface area (Å²) in [5.74, 6) is 0.597. The maximum absolute atomic E-state index is 5.85. The third-order valence-electron chi connectivity index (χ3n) is 3.78. The number of nitrogens with two attached hydrogens (primary N) is 1. The molecule has 0 aliphatic carbocycles. The second-order valence-corrected chi connectivity index (χ2v) is 5.44. The van der Waals surface area contributed by atoms with Gasteiger partial charge in [0.2, 0.25) is 0 Å². The molecular formula is C14H30N4. The van der Waals surface area contributed by atoms with Crippen molar-refractivity contribution in [2.75, 3.05) is 19.6 Å². The van der Waals surface area contributed by atoms with Crippen LogP contribution in [0.1, 0.15) is 52.9 Å². The van der Waals surface area contributed by atoms with E-state index in [0.29, 0.717) is 18.0 Å². The van der Waals surface area contributed by atoms with Gasteiger partial charge in [0.15, 0.2) is 5.96 Å². The van der Waals surface area contributed by atoms with Crippen molar-refractivity contribution in [3.05, 3.63) is 0 Å². The van der Waals surface area contributed by atoms with Crippen molar-refractivity contribution in [3.63, 3.8) is 0 Å². The Bertz CT molecular complexity index is 252. The van der Waals surface area contributed by atoms with Gasteiger partial charge in [-0.3, -0.25) is 9.89 Å². The van der Waals surface area contributed by atoms with Crippen LogP contribution in [0.5, 0.6) is 0 Å². The number of likely N-dealkylation sites (tertiary alicyclic amines) is 1. The van der Waals surface area contributed by atoms with E-state index in [1.54, 1.807) is 0 Å². The van der Waals surface area contributed by atoms with Gasteiger partial charge < -0.3 is 11.1 Å². The Hall–Kier alpha value is -0.770. The molecule has 1 rings (SSSR count). The lowest BCUT2D eigenvalue weighted by atomic mass is 10.0. The molecule has 0 radical (unpaired) electrons. The molecule has 0 aromatic heterocycles. The molecule has 0 spiro atoms. The van der Waals surface area contributed by atoms with Gasteiger partial charge in [0.05, 0.1) is 6.54 Å². The number of piperidine rings is 1. The Morgan fingerprint density at radius 3 is 2.94 bits per heavy atom. The molecule has 1 aliphatic rings. The summed E-state index contributed by atoms with van der Waals surface area (Å²) in [6, 6.07) is 1.19. The van der Waals surface area contributed by atoms with Crippen LogP contribution in [-0.2, 0) is 0 Å². The van der Waals surface area contributed by atoms with Gasteiger partial charge in [0.1, 0.15) is 0 Å². The monoisotopic (exact) mass is 254 g/mol. The number of rotatable bonds is 6. The van der Waals surface area contributed by atoms with E-state index in [-0.39, 0.29) is 0 Å². The zero-order chi connectivity index (χ0) is 13.4. The van der Waals surface area contributed by atoms with Gasteiger partial charge in [-0.15, -0.1) is 0 Å². The number of hydrogen-bond acceptors (Lipinski definition) is 2. The van der Waals surface area contributed by atoms with Crippen LogP contribution < -0.4 is 11.1 Å². The standard InChI is InChI=1S/C14H30N4/c1-4-5-9-16-14(15)17-11-13(3)18-10-7-6-8-12(18)2/h12-13H,4-11H2,1-3H3,(H3,15,16,17). The minimum Gasteiger partial charge on any atom is -0.370 e. The molecule has 1 fully saturated rings. The molecular weight excluding hydrogens is 224 g/mol. The van der Waals surface area contributed by atoms with E-state index in [0.717, 1.165) is 19.5 Å². The summed E-state index contributed by atoms with van der Waals surface area (Å²) < 4.78 is 0. The normalized spacial score (nSPS) is 23.9. The lowest BCUT2D eigenvalue weighted by Gasteiger charge is -2.37. The van der Waals surface area contributed by atoms with Crippen LogP contribution in [0.15, 0.2) is 4.99 Å². The highest BCUT2D eigenvalue weighted by Crippen LogP contribution is 2.18. The van der Waals surface area contributed by atoms with Crippen LogP contribution in [-0.4, -0.2) is 42.6 Å². The predicted molar refractivity (Wildman–Crippen MR) is 78.9 cm³/mol. The Balaban J connectivity index is 2.29. The fourth-order valence-corrected chi connectivity index (χ4v) is 2.56. The van der Waals surface area contributed by atoms with Crippen molar-refractivity contribution in [1.29, 1.82) is 0 Å². The van der Waals surface area contributed by atoms with Crippen LogP contribution in [0.25, 0.3) is 0 Å². The minimum atomic E-state index is 0.492. The molecule has 4 nitrogen and oxygen atoms in total. The molecule has 0 bridgehead atoms. The molecule has 1 saturated heterocycles. The maximum Gasteiger partial charge on any atom is 0.188 e. The Morgan fingerprint density at radius 1 is 1.50 bits per heavy atom. The Labute approximate surface area is 112 Å². The van der Waals surface area contributed by atoms with E-state index in [2.05, 4.69) is 36.0 Å². The molecule has 106 valence electrons. The highest BCUT2D eigenvalue weighted by atomic mass is 15.2. The van der Waals surface area contributed by atoms with Crippen molar-refractivity contribution in [2.45, 2.75) is 65.0 Å². The SMILES string of the molecule is CCCCNC(N)=NCC(C)N1CCCCC1C. The number of unbranched alkanes of at least 4 members (excludes halogenated alkanes) is 1. The lowest BCUT2D eigenvalue weighted by Crippen LogP contribution is -2.45. The topological polar surface area (TPSA) is 53.6 Å². The van der Waals surface area contributed by atoms with E-state index >= 15 is 0 Å². The summed E-state index contributed by atoms with van der Waals surface area (Å²) in [6.45, 7) is 9.69. The molecule has 1 aliphatic heterocycles. The molecule has 2 atom stereocenters. The first-order valence-electron chi connectivity index (χ1n) is 7.44. The van der Waals surface area contributed by atoms with Gasteiger partial charge in [-0.1, -0.05) is 19.8 Å². The first kappa shape index (κ1) is 15.3. The zero-order valence-electron chi connectivity index (χ0n) is 12.3. The smallest absolute Gasteiger partial charge is 0.188 e. The van der Waals surface area contributed by atoms with E-state index in [1.807, 2.05) is 0 Å². The third-order valence-corrected chi connectivity index (χ3v) is 3.78. The number of aliphatic imine (C=N–C) groups is 1. The van der Waals surface area contributed by atoms with Gasteiger partial charge >= 0.3 is 0 Å². The largest absolute Gasteiger partial charge is 0.370 e. The van der Waals surface area contributed by atoms with E-state index in [4.69, 9.17) is 5.73 Å². The van der Waals surface area contributed by atoms with Crippen LogP contribution in [0.4, 0.5) is 0 Å². The molecule has 2 unspecified atom stereocenters. The van der Waals surface area contributed by atoms with Gasteiger partial charge in [-0.25, -0.2) is 0 Å². The van der Waals surface area contributed by atoms with Crippen molar-refractivity contribution >= 4 is 5.96 Å². The van der Waals surface area contributed by atoms with Crippen LogP contribution in [0.3, 0.4) is 0 Å². The Kier molecular flexibility index (Phi) is 7.09. The lowest BCUT2D eigenvalue weighted by molar-refractivity contribution is 0.118. The summed E-state index contributed by atoms with van der Waals surface area (Å²) in [5.41, 5.74) is 5.85. The first-order chi connectivity index (χ1) is 8.65. The second-order valence-electron chi connectivity index (χ2n) is 5.44. The van der Waals surface area contributed by atoms with Crippen LogP contribution >= 0.6 is 0 Å². The number of nitrogens with zero attached hydrogens (tertiary/aromatic N) is 2. The fraction of sp³-hybridized carbons (Fsp3) is 0.929. The molecule has 0 aromatic carbocycles. The summed E-state index contributed by atoms with van der Waals surface area (Å²) in [6.07, 6.45) is 6.34. The van der Waals surface area contributed by atoms with Crippen LogP contribution in [0.2, 0.25) is 0 Å². The van der Waals surface area contributed by atoms with Gasteiger partial charge in [0.25, 0.3) is 0 Å². The number of hydrogen-bond donors (Lipinski definition) is 2. The molecule has 0 amide bonds. The zero-order valence-corrected chi connectivity index (χ0v) is 12.3. The summed E-state index contributed by atoms with van der Waals surface area (Å²) >= 11 is 0. The van der Waals surface area contributed by atoms with Crippen molar-refractivity contribution in [2.24, 2.45) is 10.7 Å². The molecule has 0 aromatic rings. The molecule has 0 saturated carbocycles. The highest BCUT2D eigenvalue weighted by molar-refractivity contribution is 5.77. The van der Waals surface area contributed by atoms with E-state index in [1.165, 1.54) is 32.2 Å². The Morgan fingerprint density at radius 2 is 2.28 bits per heavy atom. The van der Waals surface area contributed by atoms with Gasteiger partial charge in [0, 0.05) is 18.6 Å². The van der Waals surface area contributed by atoms with Crippen molar-refractivity contribution in [3.8, 4) is 0 Å². The second kappa shape index (κ2) is 8.35. The van der Waals surface area contributed by atoms with Gasteiger partial charge in [-0.2, -0.15) is 0 Å². The summed E-state index contributed by atoms with van der Waals surface area (Å²) in [4.78, 5) is 7.01. The molecule has 4 heteroatoms. The average molecular weight is 254 g/mol. The maximum atomic E-state index is 5.85. The average Bonchev–Trinajstić information content (AvgIpc) is 2.37. The van der Waals surface area contributed by atoms with Crippen molar-refractivity contribution in [1.82, 2.24) is 10.2 Å². The van der Waals surface area contributed by atoms with E-state index in [9.17, 15) is 0 Å². The minimum absolute atomic E-state index is 0.492. The number of nitrogens with one attached hydrogen (secondary N) is 1. The fourth-order valence-electron chi connectivity index (χ4n) is 2.56. The van der Waals surface area contributed by atoms with E-state index < -0.39 is 0 Å². The van der Waals surface area contributed by atoms with Crippen molar-refractivity contribution < 1.29 is 0 Å². The van der Waals surface area contributed by atoms with Crippen LogP contribution in [0, 0.1) is 0 Å². The number of guanidine groups is 1. The summed E-state index contributed by atoms with van der Waals surface area (Å²) in [7, 11) is 0. The summed E-state index contributed by atoms with van der Waals surface area (Å²) in [5, 5.41) is 3.16. The quantitative estimate of drug-likeness (QED) is 0.433. The molecule has 1 heterocycles. The third kappa shape index (κ3) is 5.25.